The Morgan fingerprint density at radius 2 is 2.08 bits per heavy atom. The van der Waals surface area contributed by atoms with Gasteiger partial charge in [0.1, 0.15) is 18.2 Å². The minimum absolute atomic E-state index is 0.0718. The first kappa shape index (κ1) is 19.8. The van der Waals surface area contributed by atoms with Crippen LogP contribution in [-0.4, -0.2) is 45.2 Å². The van der Waals surface area contributed by atoms with E-state index in [1.54, 1.807) is 14.0 Å². The fraction of sp³-hybridized carbons (Fsp3) is 0.500. The molecule has 0 aliphatic heterocycles. The number of halogens is 2. The van der Waals surface area contributed by atoms with E-state index < -0.39 is 17.7 Å². The van der Waals surface area contributed by atoms with Crippen molar-refractivity contribution in [2.45, 2.75) is 19.9 Å². The maximum Gasteiger partial charge on any atom is 0.241 e. The Balaban J connectivity index is 2.66. The van der Waals surface area contributed by atoms with Crippen molar-refractivity contribution in [3.05, 3.63) is 35.4 Å². The van der Waals surface area contributed by atoms with Gasteiger partial charge in [-0.1, -0.05) is 6.07 Å². The van der Waals surface area contributed by atoms with Gasteiger partial charge in [0, 0.05) is 31.8 Å². The van der Waals surface area contributed by atoms with Crippen molar-refractivity contribution in [2.24, 2.45) is 4.99 Å². The second-order valence-corrected chi connectivity index (χ2v) is 5.07. The first-order valence-corrected chi connectivity index (χ1v) is 7.73. The molecule has 1 rings (SSSR count). The summed E-state index contributed by atoms with van der Waals surface area (Å²) in [5.41, 5.74) is 0.312. The Kier molecular flexibility index (Phi) is 8.70. The summed E-state index contributed by atoms with van der Waals surface area (Å²) in [6.07, 6.45) is 0. The molecule has 0 aliphatic rings. The minimum atomic E-state index is -0.636. The van der Waals surface area contributed by atoms with Crippen LogP contribution >= 0.6 is 0 Å². The molecule has 24 heavy (non-hydrogen) atoms. The molecule has 0 aliphatic carbocycles. The standard InChI is InChI=1S/C16H24F2N4O2/c1-4-19-16(21-10-15(23)20-7-8-24-3)22-11(2)13-6-5-12(17)9-14(13)18/h5-6,9,11H,4,7-8,10H2,1-3H3,(H,20,23)(H2,19,21,22). The van der Waals surface area contributed by atoms with Crippen molar-refractivity contribution in [1.29, 1.82) is 0 Å². The van der Waals surface area contributed by atoms with E-state index in [1.807, 2.05) is 6.92 Å². The molecular weight excluding hydrogens is 318 g/mol. The average molecular weight is 342 g/mol. The lowest BCUT2D eigenvalue weighted by Gasteiger charge is -2.18. The predicted octanol–water partition coefficient (Wildman–Crippen LogP) is 1.34. The molecular formula is C16H24F2N4O2. The third kappa shape index (κ3) is 6.91. The van der Waals surface area contributed by atoms with Crippen LogP contribution < -0.4 is 16.0 Å². The van der Waals surface area contributed by atoms with Crippen molar-refractivity contribution >= 4 is 11.9 Å². The molecule has 0 radical (unpaired) electrons. The molecule has 6 nitrogen and oxygen atoms in total. The number of guanidine groups is 1. The second-order valence-electron chi connectivity index (χ2n) is 5.07. The topological polar surface area (TPSA) is 74.8 Å². The summed E-state index contributed by atoms with van der Waals surface area (Å²) in [7, 11) is 1.55. The molecule has 0 aromatic heterocycles. The highest BCUT2D eigenvalue weighted by atomic mass is 19.1. The number of carbonyl (C=O) groups excluding carboxylic acids is 1. The van der Waals surface area contributed by atoms with E-state index in [0.717, 1.165) is 6.07 Å². The van der Waals surface area contributed by atoms with Crippen molar-refractivity contribution in [2.75, 3.05) is 33.4 Å². The molecule has 3 N–H and O–H groups in total. The van der Waals surface area contributed by atoms with Gasteiger partial charge in [0.15, 0.2) is 5.96 Å². The molecule has 0 spiro atoms. The molecule has 0 fully saturated rings. The first-order chi connectivity index (χ1) is 11.5. The molecule has 0 bridgehead atoms. The number of ether oxygens (including phenoxy) is 1. The third-order valence-corrected chi connectivity index (χ3v) is 3.14. The van der Waals surface area contributed by atoms with Crippen LogP contribution in [0.1, 0.15) is 25.5 Å². The summed E-state index contributed by atoms with van der Waals surface area (Å²) in [5, 5.41) is 8.62. The number of rotatable bonds is 8. The fourth-order valence-electron chi connectivity index (χ4n) is 1.95. The molecule has 1 aromatic rings. The lowest BCUT2D eigenvalue weighted by Crippen LogP contribution is -2.40. The van der Waals surface area contributed by atoms with Gasteiger partial charge in [-0.2, -0.15) is 0 Å². The SMILES string of the molecule is CCNC(=NCC(=O)NCCOC)NC(C)c1ccc(F)cc1F. The third-order valence-electron chi connectivity index (χ3n) is 3.14. The molecule has 0 saturated heterocycles. The van der Waals surface area contributed by atoms with Crippen LogP contribution in [0.25, 0.3) is 0 Å². The highest BCUT2D eigenvalue weighted by Gasteiger charge is 2.13. The summed E-state index contributed by atoms with van der Waals surface area (Å²) >= 11 is 0. The van der Waals surface area contributed by atoms with Gasteiger partial charge in [-0.15, -0.1) is 0 Å². The van der Waals surface area contributed by atoms with E-state index in [9.17, 15) is 13.6 Å². The van der Waals surface area contributed by atoms with Gasteiger partial charge in [-0.25, -0.2) is 13.8 Å². The summed E-state index contributed by atoms with van der Waals surface area (Å²) in [6, 6.07) is 2.97. The van der Waals surface area contributed by atoms with Gasteiger partial charge in [-0.3, -0.25) is 4.79 Å². The predicted molar refractivity (Wildman–Crippen MR) is 88.8 cm³/mol. The van der Waals surface area contributed by atoms with E-state index in [0.29, 0.717) is 31.2 Å². The zero-order chi connectivity index (χ0) is 17.9. The average Bonchev–Trinajstić information content (AvgIpc) is 2.53. The normalized spacial score (nSPS) is 12.6. The van der Waals surface area contributed by atoms with Crippen LogP contribution in [0.2, 0.25) is 0 Å². The van der Waals surface area contributed by atoms with Crippen LogP contribution in [0.4, 0.5) is 8.78 Å². The highest BCUT2D eigenvalue weighted by Crippen LogP contribution is 2.17. The summed E-state index contributed by atoms with van der Waals surface area (Å²) in [4.78, 5) is 15.8. The van der Waals surface area contributed by atoms with Gasteiger partial charge in [0.2, 0.25) is 5.91 Å². The van der Waals surface area contributed by atoms with Crippen molar-refractivity contribution in [1.82, 2.24) is 16.0 Å². The van der Waals surface area contributed by atoms with Crippen molar-refractivity contribution in [3.63, 3.8) is 0 Å². The summed E-state index contributed by atoms with van der Waals surface area (Å²) < 4.78 is 31.6. The van der Waals surface area contributed by atoms with Crippen LogP contribution in [0.15, 0.2) is 23.2 Å². The molecule has 1 unspecified atom stereocenters. The number of aliphatic imine (C=N–C) groups is 1. The van der Waals surface area contributed by atoms with E-state index in [-0.39, 0.29) is 12.5 Å². The highest BCUT2D eigenvalue weighted by molar-refractivity contribution is 5.85. The van der Waals surface area contributed by atoms with E-state index in [2.05, 4.69) is 20.9 Å². The van der Waals surface area contributed by atoms with Crippen LogP contribution in [0, 0.1) is 11.6 Å². The largest absolute Gasteiger partial charge is 0.383 e. The number of amides is 1. The smallest absolute Gasteiger partial charge is 0.241 e. The molecule has 1 aromatic carbocycles. The number of carbonyl (C=O) groups is 1. The Morgan fingerprint density at radius 1 is 1.33 bits per heavy atom. The van der Waals surface area contributed by atoms with E-state index in [4.69, 9.17) is 4.74 Å². The van der Waals surface area contributed by atoms with Gasteiger partial charge in [-0.05, 0) is 19.9 Å². The maximum absolute atomic E-state index is 13.8. The zero-order valence-corrected chi connectivity index (χ0v) is 14.2. The molecule has 0 saturated carbocycles. The first-order valence-electron chi connectivity index (χ1n) is 7.73. The maximum atomic E-state index is 13.8. The Hall–Kier alpha value is -2.22. The Morgan fingerprint density at radius 3 is 2.71 bits per heavy atom. The van der Waals surface area contributed by atoms with Crippen molar-refractivity contribution in [3.8, 4) is 0 Å². The molecule has 134 valence electrons. The molecule has 0 heterocycles. The van der Waals surface area contributed by atoms with Gasteiger partial charge in [0.05, 0.1) is 12.6 Å². The van der Waals surface area contributed by atoms with E-state index in [1.165, 1.54) is 12.1 Å². The minimum Gasteiger partial charge on any atom is -0.383 e. The lowest BCUT2D eigenvalue weighted by atomic mass is 10.1. The second kappa shape index (κ2) is 10.5. The number of nitrogens with zero attached hydrogens (tertiary/aromatic N) is 1. The molecule has 1 amide bonds. The van der Waals surface area contributed by atoms with Crippen LogP contribution in [-0.2, 0) is 9.53 Å². The number of methoxy groups -OCH3 is 1. The van der Waals surface area contributed by atoms with Crippen LogP contribution in [0.5, 0.6) is 0 Å². The van der Waals surface area contributed by atoms with Gasteiger partial charge < -0.3 is 20.7 Å². The quantitative estimate of drug-likeness (QED) is 0.379. The molecule has 8 heteroatoms. The number of hydrogen-bond acceptors (Lipinski definition) is 3. The Labute approximate surface area is 140 Å². The van der Waals surface area contributed by atoms with Crippen LogP contribution in [0.3, 0.4) is 0 Å². The summed E-state index contributed by atoms with van der Waals surface area (Å²) in [6.45, 7) is 4.94. The number of nitrogens with one attached hydrogen (secondary N) is 3. The fourth-order valence-corrected chi connectivity index (χ4v) is 1.95. The monoisotopic (exact) mass is 342 g/mol. The number of hydrogen-bond donors (Lipinski definition) is 3. The lowest BCUT2D eigenvalue weighted by molar-refractivity contribution is -0.119. The number of benzene rings is 1. The summed E-state index contributed by atoms with van der Waals surface area (Å²) in [5.74, 6) is -1.14. The van der Waals surface area contributed by atoms with Gasteiger partial charge >= 0.3 is 0 Å². The van der Waals surface area contributed by atoms with Gasteiger partial charge in [0.25, 0.3) is 0 Å². The Bertz CT molecular complexity index is 567. The van der Waals surface area contributed by atoms with E-state index >= 15 is 0 Å². The zero-order valence-electron chi connectivity index (χ0n) is 14.2. The molecule has 1 atom stereocenters. The van der Waals surface area contributed by atoms with Crippen molar-refractivity contribution < 1.29 is 18.3 Å².